The predicted molar refractivity (Wildman–Crippen MR) is 53.6 cm³/mol. The maximum absolute atomic E-state index is 9.86. The number of rotatable bonds is 3. The minimum atomic E-state index is -0.628. The van der Waals surface area contributed by atoms with Gasteiger partial charge in [-0.2, -0.15) is 0 Å². The molecule has 0 amide bonds. The van der Waals surface area contributed by atoms with Crippen molar-refractivity contribution >= 4 is 0 Å². The summed E-state index contributed by atoms with van der Waals surface area (Å²) in [4.78, 5) is 0. The van der Waals surface area contributed by atoms with E-state index in [1.807, 2.05) is 13.8 Å². The fraction of sp³-hybridized carbons (Fsp3) is 0.818. The van der Waals surface area contributed by atoms with Crippen molar-refractivity contribution in [1.29, 1.82) is 0 Å². The van der Waals surface area contributed by atoms with E-state index in [1.54, 1.807) is 6.08 Å². The Kier molecular flexibility index (Phi) is 3.51. The lowest BCUT2D eigenvalue weighted by atomic mass is 9.83. The first-order valence-corrected chi connectivity index (χ1v) is 5.07. The molecule has 1 fully saturated rings. The summed E-state index contributed by atoms with van der Waals surface area (Å²) in [5.74, 6) is 0. The van der Waals surface area contributed by atoms with Gasteiger partial charge in [-0.3, -0.25) is 0 Å². The van der Waals surface area contributed by atoms with Crippen molar-refractivity contribution in [3.63, 3.8) is 0 Å². The van der Waals surface area contributed by atoms with Gasteiger partial charge in [0.1, 0.15) is 0 Å². The quantitative estimate of drug-likeness (QED) is 0.682. The summed E-state index contributed by atoms with van der Waals surface area (Å²) in [7, 11) is 0. The minimum absolute atomic E-state index is 0.292. The van der Waals surface area contributed by atoms with Crippen molar-refractivity contribution < 1.29 is 9.84 Å². The summed E-state index contributed by atoms with van der Waals surface area (Å²) in [5, 5.41) is 9.86. The van der Waals surface area contributed by atoms with E-state index in [0.29, 0.717) is 12.2 Å². The monoisotopic (exact) mass is 184 g/mol. The maximum Gasteiger partial charge on any atom is 0.0827 e. The summed E-state index contributed by atoms with van der Waals surface area (Å²) in [6.07, 6.45) is 5.75. The third-order valence-corrected chi connectivity index (χ3v) is 2.64. The van der Waals surface area contributed by atoms with Crippen LogP contribution in [0, 0.1) is 0 Å². The molecular formula is C11H20O2. The topological polar surface area (TPSA) is 29.5 Å². The van der Waals surface area contributed by atoms with Crippen LogP contribution in [-0.4, -0.2) is 22.9 Å². The lowest BCUT2D eigenvalue weighted by Gasteiger charge is -2.34. The average Bonchev–Trinajstić information content (AvgIpc) is 2.09. The molecule has 0 bridgehead atoms. The van der Waals surface area contributed by atoms with Gasteiger partial charge in [0.25, 0.3) is 0 Å². The highest BCUT2D eigenvalue weighted by atomic mass is 16.5. The van der Waals surface area contributed by atoms with E-state index in [-0.39, 0.29) is 0 Å². The maximum atomic E-state index is 9.86. The molecule has 0 aromatic rings. The zero-order chi connectivity index (χ0) is 9.90. The molecule has 0 heterocycles. The fourth-order valence-corrected chi connectivity index (χ4v) is 1.82. The highest BCUT2D eigenvalue weighted by molar-refractivity contribution is 4.99. The van der Waals surface area contributed by atoms with Crippen LogP contribution < -0.4 is 0 Å². The molecule has 0 radical (unpaired) electrons. The number of aliphatic hydroxyl groups is 1. The molecule has 1 aliphatic rings. The summed E-state index contributed by atoms with van der Waals surface area (Å²) >= 11 is 0. The standard InChI is InChI=1S/C11H20O2/c1-4-11(12)7-5-10(6-8-11)13-9(2)3/h4,9-10,12H,1,5-8H2,2-3H3. The second kappa shape index (κ2) is 4.25. The molecule has 0 saturated heterocycles. The molecule has 0 aromatic carbocycles. The highest BCUT2D eigenvalue weighted by Crippen LogP contribution is 2.30. The number of ether oxygens (including phenoxy) is 1. The van der Waals surface area contributed by atoms with Crippen molar-refractivity contribution in [3.8, 4) is 0 Å². The van der Waals surface area contributed by atoms with Crippen LogP contribution in [0.4, 0.5) is 0 Å². The molecule has 2 heteroatoms. The molecule has 1 N–H and O–H groups in total. The Morgan fingerprint density at radius 1 is 1.46 bits per heavy atom. The molecule has 1 rings (SSSR count). The van der Waals surface area contributed by atoms with Crippen molar-refractivity contribution in [2.45, 2.75) is 57.3 Å². The Balaban J connectivity index is 2.34. The Morgan fingerprint density at radius 3 is 2.38 bits per heavy atom. The van der Waals surface area contributed by atoms with Crippen molar-refractivity contribution in [3.05, 3.63) is 12.7 Å². The second-order valence-corrected chi connectivity index (χ2v) is 4.19. The number of hydrogen-bond acceptors (Lipinski definition) is 2. The summed E-state index contributed by atoms with van der Waals surface area (Å²) < 4.78 is 5.68. The van der Waals surface area contributed by atoms with Gasteiger partial charge in [-0.05, 0) is 39.5 Å². The average molecular weight is 184 g/mol. The van der Waals surface area contributed by atoms with E-state index < -0.39 is 5.60 Å². The van der Waals surface area contributed by atoms with Crippen LogP contribution in [0.25, 0.3) is 0 Å². The molecule has 0 atom stereocenters. The van der Waals surface area contributed by atoms with E-state index in [9.17, 15) is 5.11 Å². The van der Waals surface area contributed by atoms with Gasteiger partial charge in [0.05, 0.1) is 17.8 Å². The molecular weight excluding hydrogens is 164 g/mol. The first-order chi connectivity index (χ1) is 6.06. The van der Waals surface area contributed by atoms with Crippen molar-refractivity contribution in [2.24, 2.45) is 0 Å². The van der Waals surface area contributed by atoms with E-state index in [2.05, 4.69) is 6.58 Å². The zero-order valence-electron chi connectivity index (χ0n) is 8.62. The number of hydrogen-bond donors (Lipinski definition) is 1. The third-order valence-electron chi connectivity index (χ3n) is 2.64. The van der Waals surface area contributed by atoms with Crippen molar-refractivity contribution in [1.82, 2.24) is 0 Å². The van der Waals surface area contributed by atoms with Gasteiger partial charge in [0.2, 0.25) is 0 Å². The van der Waals surface area contributed by atoms with Crippen LogP contribution >= 0.6 is 0 Å². The normalized spacial score (nSPS) is 34.9. The molecule has 0 spiro atoms. The van der Waals surface area contributed by atoms with Gasteiger partial charge in [-0.1, -0.05) is 6.08 Å². The van der Waals surface area contributed by atoms with E-state index >= 15 is 0 Å². The minimum Gasteiger partial charge on any atom is -0.386 e. The van der Waals surface area contributed by atoms with E-state index in [4.69, 9.17) is 4.74 Å². The summed E-state index contributed by atoms with van der Waals surface area (Å²) in [6, 6.07) is 0. The molecule has 1 aliphatic carbocycles. The first kappa shape index (κ1) is 10.7. The van der Waals surface area contributed by atoms with Crippen molar-refractivity contribution in [2.75, 3.05) is 0 Å². The lowest BCUT2D eigenvalue weighted by Crippen LogP contribution is -2.35. The van der Waals surface area contributed by atoms with Crippen LogP contribution in [-0.2, 0) is 4.74 Å². The largest absolute Gasteiger partial charge is 0.386 e. The SMILES string of the molecule is C=CC1(O)CCC(OC(C)C)CC1. The first-order valence-electron chi connectivity index (χ1n) is 5.07. The van der Waals surface area contributed by atoms with Gasteiger partial charge < -0.3 is 9.84 Å². The van der Waals surface area contributed by atoms with Crippen LogP contribution in [0.3, 0.4) is 0 Å². The molecule has 0 aliphatic heterocycles. The predicted octanol–water partition coefficient (Wildman–Crippen LogP) is 2.27. The molecule has 76 valence electrons. The smallest absolute Gasteiger partial charge is 0.0827 e. The summed E-state index contributed by atoms with van der Waals surface area (Å²) in [6.45, 7) is 7.75. The van der Waals surface area contributed by atoms with Crippen LogP contribution in [0.5, 0.6) is 0 Å². The van der Waals surface area contributed by atoms with Gasteiger partial charge in [0.15, 0.2) is 0 Å². The Hall–Kier alpha value is -0.340. The highest BCUT2D eigenvalue weighted by Gasteiger charge is 2.30. The summed E-state index contributed by atoms with van der Waals surface area (Å²) in [5.41, 5.74) is -0.628. The molecule has 0 aromatic heterocycles. The molecule has 2 nitrogen and oxygen atoms in total. The van der Waals surface area contributed by atoms with Gasteiger partial charge in [-0.25, -0.2) is 0 Å². The lowest BCUT2D eigenvalue weighted by molar-refractivity contribution is -0.0537. The molecule has 0 unspecified atom stereocenters. The van der Waals surface area contributed by atoms with Crippen LogP contribution in [0.15, 0.2) is 12.7 Å². The Labute approximate surface area is 80.6 Å². The Bertz CT molecular complexity index is 167. The fourth-order valence-electron chi connectivity index (χ4n) is 1.82. The van der Waals surface area contributed by atoms with Crippen LogP contribution in [0.1, 0.15) is 39.5 Å². The Morgan fingerprint density at radius 2 is 2.00 bits per heavy atom. The molecule has 13 heavy (non-hydrogen) atoms. The zero-order valence-corrected chi connectivity index (χ0v) is 8.62. The molecule has 1 saturated carbocycles. The van der Waals surface area contributed by atoms with Gasteiger partial charge in [0, 0.05) is 0 Å². The van der Waals surface area contributed by atoms with Gasteiger partial charge >= 0.3 is 0 Å². The van der Waals surface area contributed by atoms with Gasteiger partial charge in [-0.15, -0.1) is 6.58 Å². The van der Waals surface area contributed by atoms with E-state index in [0.717, 1.165) is 25.7 Å². The second-order valence-electron chi connectivity index (χ2n) is 4.19. The third kappa shape index (κ3) is 3.12. The van der Waals surface area contributed by atoms with Crippen LogP contribution in [0.2, 0.25) is 0 Å². The van der Waals surface area contributed by atoms with E-state index in [1.165, 1.54) is 0 Å².